The van der Waals surface area contributed by atoms with Crippen LogP contribution in [0.2, 0.25) is 5.28 Å². The second-order valence-corrected chi connectivity index (χ2v) is 5.00. The molecule has 6 nitrogen and oxygen atoms in total. The molecule has 0 amide bonds. The first-order valence-electron chi connectivity index (χ1n) is 6.48. The summed E-state index contributed by atoms with van der Waals surface area (Å²) >= 11 is 5.78. The number of nitrogens with zero attached hydrogens (tertiary/aromatic N) is 5. The Hall–Kier alpha value is -1.35. The van der Waals surface area contributed by atoms with Crippen molar-refractivity contribution in [1.82, 2.24) is 15.0 Å². The molecular formula is C11H15ClF3N5O. The molecule has 21 heavy (non-hydrogen) atoms. The minimum atomic E-state index is -4.43. The largest absolute Gasteiger partial charge is 0.406 e. The molecule has 2 heterocycles. The molecule has 10 heteroatoms. The van der Waals surface area contributed by atoms with E-state index in [2.05, 4.69) is 15.0 Å². The zero-order valence-electron chi connectivity index (χ0n) is 11.1. The monoisotopic (exact) mass is 325 g/mol. The van der Waals surface area contributed by atoms with Crippen LogP contribution in [0.3, 0.4) is 0 Å². The van der Waals surface area contributed by atoms with Gasteiger partial charge in [0.05, 0.1) is 6.61 Å². The van der Waals surface area contributed by atoms with E-state index in [0.717, 1.165) is 30.8 Å². The van der Waals surface area contributed by atoms with Crippen molar-refractivity contribution in [2.24, 2.45) is 0 Å². The lowest BCUT2D eigenvalue weighted by Crippen LogP contribution is -2.38. The second-order valence-electron chi connectivity index (χ2n) is 4.66. The quantitative estimate of drug-likeness (QED) is 0.885. The van der Waals surface area contributed by atoms with Gasteiger partial charge in [-0.2, -0.15) is 28.1 Å². The van der Waals surface area contributed by atoms with Gasteiger partial charge < -0.3 is 14.9 Å². The topological polar surface area (TPSA) is 65.4 Å². The summed E-state index contributed by atoms with van der Waals surface area (Å²) in [6.45, 7) is -0.469. The first kappa shape index (κ1) is 16.0. The van der Waals surface area contributed by atoms with Gasteiger partial charge in [0, 0.05) is 19.6 Å². The van der Waals surface area contributed by atoms with Crippen LogP contribution in [0, 0.1) is 0 Å². The molecular weight excluding hydrogens is 311 g/mol. The Morgan fingerprint density at radius 3 is 2.43 bits per heavy atom. The minimum Gasteiger partial charge on any atom is -0.395 e. The van der Waals surface area contributed by atoms with E-state index in [4.69, 9.17) is 16.7 Å². The van der Waals surface area contributed by atoms with Gasteiger partial charge in [-0.25, -0.2) is 0 Å². The summed E-state index contributed by atoms with van der Waals surface area (Å²) in [5.41, 5.74) is 0. The van der Waals surface area contributed by atoms with E-state index in [0.29, 0.717) is 0 Å². The summed E-state index contributed by atoms with van der Waals surface area (Å²) in [7, 11) is 0. The number of halogens is 4. The molecule has 0 unspecified atom stereocenters. The maximum atomic E-state index is 12.6. The van der Waals surface area contributed by atoms with Crippen LogP contribution in [-0.2, 0) is 0 Å². The summed E-state index contributed by atoms with van der Waals surface area (Å²) in [6.07, 6.45) is -2.48. The minimum absolute atomic E-state index is 0.160. The molecule has 1 aliphatic heterocycles. The van der Waals surface area contributed by atoms with Crippen LogP contribution >= 0.6 is 11.6 Å². The lowest BCUT2D eigenvalue weighted by atomic mass is 10.4. The van der Waals surface area contributed by atoms with Crippen LogP contribution < -0.4 is 9.80 Å². The molecule has 1 aliphatic rings. The smallest absolute Gasteiger partial charge is 0.395 e. The zero-order valence-corrected chi connectivity index (χ0v) is 11.9. The van der Waals surface area contributed by atoms with Crippen LogP contribution in [-0.4, -0.2) is 59.0 Å². The van der Waals surface area contributed by atoms with E-state index in [1.807, 2.05) is 4.90 Å². The molecule has 1 fully saturated rings. The van der Waals surface area contributed by atoms with Crippen molar-refractivity contribution in [3.8, 4) is 0 Å². The van der Waals surface area contributed by atoms with Crippen molar-refractivity contribution >= 4 is 23.5 Å². The van der Waals surface area contributed by atoms with Crippen molar-refractivity contribution in [3.05, 3.63) is 5.28 Å². The fourth-order valence-corrected chi connectivity index (χ4v) is 2.27. The van der Waals surface area contributed by atoms with E-state index in [-0.39, 0.29) is 23.7 Å². The molecule has 0 atom stereocenters. The molecule has 0 spiro atoms. The number of anilines is 2. The van der Waals surface area contributed by atoms with E-state index in [1.54, 1.807) is 0 Å². The van der Waals surface area contributed by atoms with Gasteiger partial charge >= 0.3 is 6.18 Å². The predicted molar refractivity (Wildman–Crippen MR) is 71.6 cm³/mol. The molecule has 1 aromatic heterocycles. The number of rotatable bonds is 5. The number of hydrogen-bond donors (Lipinski definition) is 1. The van der Waals surface area contributed by atoms with E-state index < -0.39 is 19.3 Å². The second kappa shape index (κ2) is 6.61. The van der Waals surface area contributed by atoms with Crippen LogP contribution in [0.15, 0.2) is 0 Å². The Balaban J connectivity index is 2.26. The van der Waals surface area contributed by atoms with Gasteiger partial charge in [-0.05, 0) is 24.4 Å². The first-order chi connectivity index (χ1) is 9.89. The standard InChI is InChI=1S/C11H15ClF3N5O/c12-8-16-9(19-3-1-2-4-19)18-10(17-8)20(5-6-21)7-11(13,14)15/h21H,1-7H2. The van der Waals surface area contributed by atoms with Gasteiger partial charge in [0.15, 0.2) is 0 Å². The molecule has 0 aliphatic carbocycles. The van der Waals surface area contributed by atoms with Crippen molar-refractivity contribution in [3.63, 3.8) is 0 Å². The normalized spacial score (nSPS) is 15.6. The Kier molecular flexibility index (Phi) is 5.04. The number of aliphatic hydroxyl groups excluding tert-OH is 1. The maximum absolute atomic E-state index is 12.6. The average molecular weight is 326 g/mol. The lowest BCUT2D eigenvalue weighted by molar-refractivity contribution is -0.120. The third kappa shape index (κ3) is 4.57. The fraction of sp³-hybridized carbons (Fsp3) is 0.727. The maximum Gasteiger partial charge on any atom is 0.406 e. The Morgan fingerprint density at radius 1 is 1.19 bits per heavy atom. The molecule has 1 saturated heterocycles. The molecule has 1 aromatic rings. The molecule has 1 N–H and O–H groups in total. The van der Waals surface area contributed by atoms with Gasteiger partial charge in [-0.3, -0.25) is 0 Å². The molecule has 118 valence electrons. The molecule has 0 saturated carbocycles. The van der Waals surface area contributed by atoms with Crippen LogP contribution in [0.25, 0.3) is 0 Å². The van der Waals surface area contributed by atoms with Crippen molar-refractivity contribution in [2.45, 2.75) is 19.0 Å². The van der Waals surface area contributed by atoms with Crippen molar-refractivity contribution in [2.75, 3.05) is 42.6 Å². The highest BCUT2D eigenvalue weighted by molar-refractivity contribution is 6.28. The van der Waals surface area contributed by atoms with Crippen molar-refractivity contribution < 1.29 is 18.3 Å². The predicted octanol–water partition coefficient (Wildman–Crippen LogP) is 1.49. The van der Waals surface area contributed by atoms with E-state index in [1.165, 1.54) is 0 Å². The van der Waals surface area contributed by atoms with Gasteiger partial charge in [-0.15, -0.1) is 0 Å². The van der Waals surface area contributed by atoms with Gasteiger partial charge in [0.1, 0.15) is 6.54 Å². The number of hydrogen-bond acceptors (Lipinski definition) is 6. The Labute approximate surface area is 124 Å². The molecule has 2 rings (SSSR count). The Morgan fingerprint density at radius 2 is 1.86 bits per heavy atom. The molecule has 0 aromatic carbocycles. The van der Waals surface area contributed by atoms with Gasteiger partial charge in [0.2, 0.25) is 17.2 Å². The Bertz CT molecular complexity index is 481. The van der Waals surface area contributed by atoms with Crippen molar-refractivity contribution in [1.29, 1.82) is 0 Å². The van der Waals surface area contributed by atoms with E-state index in [9.17, 15) is 13.2 Å². The SMILES string of the molecule is OCCN(CC(F)(F)F)c1nc(Cl)nc(N2CCCC2)n1. The highest BCUT2D eigenvalue weighted by Crippen LogP contribution is 2.23. The van der Waals surface area contributed by atoms with Crippen LogP contribution in [0.1, 0.15) is 12.8 Å². The highest BCUT2D eigenvalue weighted by Gasteiger charge is 2.32. The summed E-state index contributed by atoms with van der Waals surface area (Å²) in [5, 5.41) is 8.76. The number of alkyl halides is 3. The number of aliphatic hydroxyl groups is 1. The summed E-state index contributed by atoms with van der Waals surface area (Å²) in [4.78, 5) is 14.4. The third-order valence-corrected chi connectivity index (χ3v) is 3.17. The lowest BCUT2D eigenvalue weighted by Gasteiger charge is -2.24. The highest BCUT2D eigenvalue weighted by atomic mass is 35.5. The first-order valence-corrected chi connectivity index (χ1v) is 6.86. The summed E-state index contributed by atoms with van der Waals surface area (Å²) in [5.74, 6) is 0.0934. The fourth-order valence-electron chi connectivity index (χ4n) is 2.12. The summed E-state index contributed by atoms with van der Waals surface area (Å²) in [6, 6.07) is 0. The van der Waals surface area contributed by atoms with E-state index >= 15 is 0 Å². The van der Waals surface area contributed by atoms with Crippen LogP contribution in [0.4, 0.5) is 25.1 Å². The van der Waals surface area contributed by atoms with Crippen LogP contribution in [0.5, 0.6) is 0 Å². The molecule has 0 bridgehead atoms. The summed E-state index contributed by atoms with van der Waals surface area (Å²) < 4.78 is 37.7. The van der Waals surface area contributed by atoms with Gasteiger partial charge in [-0.1, -0.05) is 0 Å². The molecule has 0 radical (unpaired) electrons. The average Bonchev–Trinajstić information content (AvgIpc) is 2.90. The number of aromatic nitrogens is 3. The third-order valence-electron chi connectivity index (χ3n) is 3.00. The zero-order chi connectivity index (χ0) is 15.5. The van der Waals surface area contributed by atoms with Gasteiger partial charge in [0.25, 0.3) is 0 Å².